The van der Waals surface area contributed by atoms with Gasteiger partial charge in [0.25, 0.3) is 0 Å². The van der Waals surface area contributed by atoms with Crippen molar-refractivity contribution in [2.75, 3.05) is 20.2 Å². The SMILES string of the molecule is COc1ccc2c3c1O[C@H]1C(=O)CC[C@H]4C(C2)N(CC2CC2)CC[C@]314. The number of carbonyl (C=O) groups excluding carboxylic acids is 1. The predicted molar refractivity (Wildman–Crippen MR) is 93.2 cm³/mol. The zero-order valence-electron chi connectivity index (χ0n) is 14.8. The summed E-state index contributed by atoms with van der Waals surface area (Å²) in [7, 11) is 1.70. The maximum absolute atomic E-state index is 12.8. The summed E-state index contributed by atoms with van der Waals surface area (Å²) in [6.45, 7) is 2.37. The van der Waals surface area contributed by atoms with Gasteiger partial charge in [0.15, 0.2) is 23.4 Å². The highest BCUT2D eigenvalue weighted by Crippen LogP contribution is 2.63. The Hall–Kier alpha value is -1.55. The minimum absolute atomic E-state index is 0.0858. The lowest BCUT2D eigenvalue weighted by atomic mass is 9.51. The van der Waals surface area contributed by atoms with Crippen LogP contribution >= 0.6 is 0 Å². The zero-order chi connectivity index (χ0) is 16.8. The van der Waals surface area contributed by atoms with E-state index in [1.54, 1.807) is 7.11 Å². The molecule has 132 valence electrons. The van der Waals surface area contributed by atoms with E-state index in [2.05, 4.69) is 11.0 Å². The molecule has 0 aromatic heterocycles. The van der Waals surface area contributed by atoms with Gasteiger partial charge in [-0.3, -0.25) is 9.69 Å². The molecule has 1 saturated heterocycles. The molecule has 0 N–H and O–H groups in total. The summed E-state index contributed by atoms with van der Waals surface area (Å²) in [4.78, 5) is 15.6. The number of rotatable bonds is 3. The van der Waals surface area contributed by atoms with Crippen LogP contribution in [0.4, 0.5) is 0 Å². The monoisotopic (exact) mass is 339 g/mol. The van der Waals surface area contributed by atoms with Crippen LogP contribution < -0.4 is 9.47 Å². The molecule has 1 aromatic rings. The van der Waals surface area contributed by atoms with Crippen LogP contribution in [0.15, 0.2) is 12.1 Å². The minimum atomic E-state index is -0.276. The Morgan fingerprint density at radius 3 is 3.00 bits per heavy atom. The number of piperidine rings is 1. The molecular formula is C21H25NO3. The van der Waals surface area contributed by atoms with Gasteiger partial charge in [-0.1, -0.05) is 6.07 Å². The molecule has 2 heterocycles. The molecule has 1 aromatic carbocycles. The highest BCUT2D eigenvalue weighted by atomic mass is 16.5. The molecule has 2 bridgehead atoms. The Bertz CT molecular complexity index is 771. The van der Waals surface area contributed by atoms with Gasteiger partial charge in [0.1, 0.15) is 0 Å². The van der Waals surface area contributed by atoms with Gasteiger partial charge in [-0.25, -0.2) is 0 Å². The van der Waals surface area contributed by atoms with Gasteiger partial charge in [0.05, 0.1) is 7.11 Å². The van der Waals surface area contributed by atoms with E-state index in [-0.39, 0.29) is 11.5 Å². The third kappa shape index (κ3) is 1.74. The third-order valence-corrected chi connectivity index (χ3v) is 7.62. The average molecular weight is 339 g/mol. The van der Waals surface area contributed by atoms with Crippen molar-refractivity contribution in [1.29, 1.82) is 0 Å². The summed E-state index contributed by atoms with van der Waals surface area (Å²) in [5.74, 6) is 3.45. The molecule has 1 unspecified atom stereocenters. The maximum Gasteiger partial charge on any atom is 0.174 e. The number of ketones is 1. The first-order chi connectivity index (χ1) is 12.2. The highest BCUT2D eigenvalue weighted by molar-refractivity contribution is 5.89. The number of methoxy groups -OCH3 is 1. The number of carbonyl (C=O) groups is 1. The molecule has 2 saturated carbocycles. The van der Waals surface area contributed by atoms with E-state index >= 15 is 0 Å². The topological polar surface area (TPSA) is 38.8 Å². The summed E-state index contributed by atoms with van der Waals surface area (Å²) in [5, 5.41) is 0. The van der Waals surface area contributed by atoms with Crippen LogP contribution in [0.25, 0.3) is 0 Å². The van der Waals surface area contributed by atoms with Gasteiger partial charge in [-0.05, 0) is 62.1 Å². The highest BCUT2D eigenvalue weighted by Gasteiger charge is 2.66. The van der Waals surface area contributed by atoms with Crippen molar-refractivity contribution in [2.24, 2.45) is 11.8 Å². The molecule has 6 rings (SSSR count). The summed E-state index contributed by atoms with van der Waals surface area (Å²) in [6, 6.07) is 4.85. The Kier molecular flexibility index (Phi) is 2.80. The van der Waals surface area contributed by atoms with Crippen LogP contribution in [-0.4, -0.2) is 43.0 Å². The fourth-order valence-corrected chi connectivity index (χ4v) is 6.42. The lowest BCUT2D eigenvalue weighted by molar-refractivity contribution is -0.138. The van der Waals surface area contributed by atoms with Gasteiger partial charge in [-0.2, -0.15) is 0 Å². The summed E-state index contributed by atoms with van der Waals surface area (Å²) < 4.78 is 11.9. The third-order valence-electron chi connectivity index (χ3n) is 7.62. The van der Waals surface area contributed by atoms with Gasteiger partial charge in [0, 0.05) is 30.0 Å². The normalized spacial score (nSPS) is 38.3. The van der Waals surface area contributed by atoms with Crippen molar-refractivity contribution < 1.29 is 14.3 Å². The van der Waals surface area contributed by atoms with E-state index < -0.39 is 0 Å². The Morgan fingerprint density at radius 1 is 1.32 bits per heavy atom. The Morgan fingerprint density at radius 2 is 2.20 bits per heavy atom. The Balaban J connectivity index is 1.53. The molecular weight excluding hydrogens is 314 g/mol. The number of likely N-dealkylation sites (tertiary alicyclic amines) is 1. The van der Waals surface area contributed by atoms with Crippen LogP contribution in [0.2, 0.25) is 0 Å². The summed E-state index contributed by atoms with van der Waals surface area (Å²) >= 11 is 0. The van der Waals surface area contributed by atoms with E-state index in [1.807, 2.05) is 6.07 Å². The Labute approximate surface area is 148 Å². The van der Waals surface area contributed by atoms with Crippen LogP contribution in [0, 0.1) is 11.8 Å². The number of ether oxygens (including phenoxy) is 2. The van der Waals surface area contributed by atoms with Crippen molar-refractivity contribution >= 4 is 5.78 Å². The first-order valence-electron chi connectivity index (χ1n) is 9.86. The molecule has 3 fully saturated rings. The largest absolute Gasteiger partial charge is 0.493 e. The molecule has 1 spiro atoms. The van der Waals surface area contributed by atoms with Crippen molar-refractivity contribution in [2.45, 2.75) is 56.1 Å². The number of Topliss-reactive ketones (excluding diaryl/α,β-unsaturated/α-hetero) is 1. The molecule has 4 nitrogen and oxygen atoms in total. The standard InChI is InChI=1S/C21H25NO3/c1-24-17-7-4-13-10-15-14-5-6-16(23)20-21(14,18(13)19(17)25-20)8-9-22(15)11-12-2-3-12/h4,7,12,14-15,20H,2-3,5-6,8-11H2,1H3/t14-,15?,20-,21-/m0/s1. The molecule has 4 heteroatoms. The second kappa shape index (κ2) is 4.79. The smallest absolute Gasteiger partial charge is 0.174 e. The fraction of sp³-hybridized carbons (Fsp3) is 0.667. The molecule has 3 aliphatic carbocycles. The first kappa shape index (κ1) is 14.6. The van der Waals surface area contributed by atoms with Crippen molar-refractivity contribution in [1.82, 2.24) is 4.90 Å². The van der Waals surface area contributed by atoms with E-state index in [9.17, 15) is 4.79 Å². The second-order valence-corrected chi connectivity index (χ2v) is 8.74. The van der Waals surface area contributed by atoms with Crippen molar-refractivity contribution in [3.63, 3.8) is 0 Å². The number of nitrogens with zero attached hydrogens (tertiary/aromatic N) is 1. The van der Waals surface area contributed by atoms with E-state index in [0.717, 1.165) is 43.2 Å². The van der Waals surface area contributed by atoms with Gasteiger partial charge in [0.2, 0.25) is 0 Å². The number of hydrogen-bond donors (Lipinski definition) is 0. The van der Waals surface area contributed by atoms with Crippen LogP contribution in [0.5, 0.6) is 11.5 Å². The number of hydrogen-bond acceptors (Lipinski definition) is 4. The first-order valence-corrected chi connectivity index (χ1v) is 9.86. The molecule has 25 heavy (non-hydrogen) atoms. The predicted octanol–water partition coefficient (Wildman–Crippen LogP) is 2.71. The molecule has 4 atom stereocenters. The molecule has 2 aliphatic heterocycles. The quantitative estimate of drug-likeness (QED) is 0.849. The maximum atomic E-state index is 12.8. The lowest BCUT2D eigenvalue weighted by Gasteiger charge is -2.57. The van der Waals surface area contributed by atoms with Gasteiger partial charge >= 0.3 is 0 Å². The summed E-state index contributed by atoms with van der Waals surface area (Å²) in [5.41, 5.74) is 2.64. The van der Waals surface area contributed by atoms with Crippen LogP contribution in [0.3, 0.4) is 0 Å². The van der Waals surface area contributed by atoms with Gasteiger partial charge in [-0.15, -0.1) is 0 Å². The van der Waals surface area contributed by atoms with Gasteiger partial charge < -0.3 is 9.47 Å². The lowest BCUT2D eigenvalue weighted by Crippen LogP contribution is -2.66. The van der Waals surface area contributed by atoms with Crippen molar-refractivity contribution in [3.05, 3.63) is 23.3 Å². The van der Waals surface area contributed by atoms with E-state index in [4.69, 9.17) is 9.47 Å². The van der Waals surface area contributed by atoms with Crippen molar-refractivity contribution in [3.8, 4) is 11.5 Å². The fourth-order valence-electron chi connectivity index (χ4n) is 6.42. The molecule has 0 amide bonds. The minimum Gasteiger partial charge on any atom is -0.493 e. The van der Waals surface area contributed by atoms with E-state index in [1.165, 1.54) is 30.5 Å². The van der Waals surface area contributed by atoms with E-state index in [0.29, 0.717) is 24.2 Å². The summed E-state index contributed by atoms with van der Waals surface area (Å²) in [6.07, 6.45) is 6.40. The average Bonchev–Trinajstić information content (AvgIpc) is 3.36. The second-order valence-electron chi connectivity index (χ2n) is 8.74. The van der Waals surface area contributed by atoms with Crippen LogP contribution in [0.1, 0.15) is 43.2 Å². The molecule has 5 aliphatic rings. The van der Waals surface area contributed by atoms with Crippen LogP contribution in [-0.2, 0) is 16.6 Å². The number of benzene rings is 1. The zero-order valence-corrected chi connectivity index (χ0v) is 14.8. The molecule has 0 radical (unpaired) electrons.